The SMILES string of the molecule is Cc1cnn(-c2ccc(S(=O)(=O)N[C@H](CC(C)C)C(=O)O)cc2F)c1. The topological polar surface area (TPSA) is 101 Å². The number of nitrogens with one attached hydrogen (secondary N) is 1. The third-order valence-corrected chi connectivity index (χ3v) is 4.96. The Balaban J connectivity index is 2.30. The van der Waals surface area contributed by atoms with E-state index in [4.69, 9.17) is 5.11 Å². The van der Waals surface area contributed by atoms with Crippen LogP contribution in [-0.4, -0.2) is 35.3 Å². The van der Waals surface area contributed by atoms with E-state index in [-0.39, 0.29) is 22.9 Å². The summed E-state index contributed by atoms with van der Waals surface area (Å²) in [5, 5.41) is 13.1. The molecule has 0 spiro atoms. The normalized spacial score (nSPS) is 13.2. The number of carbonyl (C=O) groups is 1. The summed E-state index contributed by atoms with van der Waals surface area (Å²) in [6, 6.07) is 2.07. The number of hydrogen-bond donors (Lipinski definition) is 2. The fourth-order valence-electron chi connectivity index (χ4n) is 2.31. The van der Waals surface area contributed by atoms with Crippen LogP contribution < -0.4 is 4.72 Å². The van der Waals surface area contributed by atoms with Crippen molar-refractivity contribution in [3.8, 4) is 5.69 Å². The van der Waals surface area contributed by atoms with E-state index in [0.29, 0.717) is 0 Å². The molecule has 1 aromatic carbocycles. The van der Waals surface area contributed by atoms with Gasteiger partial charge in [0.1, 0.15) is 17.5 Å². The van der Waals surface area contributed by atoms with Crippen molar-refractivity contribution in [2.24, 2.45) is 5.92 Å². The van der Waals surface area contributed by atoms with E-state index >= 15 is 0 Å². The van der Waals surface area contributed by atoms with Crippen molar-refractivity contribution in [3.63, 3.8) is 0 Å². The van der Waals surface area contributed by atoms with Crippen molar-refractivity contribution in [2.75, 3.05) is 0 Å². The Morgan fingerprint density at radius 2 is 2.08 bits per heavy atom. The molecular weight excluding hydrogens is 349 g/mol. The second-order valence-electron chi connectivity index (χ2n) is 6.22. The molecule has 0 saturated carbocycles. The first-order valence-electron chi connectivity index (χ1n) is 7.66. The van der Waals surface area contributed by atoms with E-state index in [2.05, 4.69) is 9.82 Å². The number of halogens is 1. The number of hydrogen-bond acceptors (Lipinski definition) is 4. The summed E-state index contributed by atoms with van der Waals surface area (Å²) in [7, 11) is -4.17. The first-order chi connectivity index (χ1) is 11.6. The number of rotatable bonds is 7. The lowest BCUT2D eigenvalue weighted by Crippen LogP contribution is -2.41. The summed E-state index contributed by atoms with van der Waals surface area (Å²) in [6.07, 6.45) is 3.28. The van der Waals surface area contributed by atoms with Gasteiger partial charge in [0.05, 0.1) is 11.1 Å². The predicted octanol–water partition coefficient (Wildman–Crippen LogP) is 2.10. The van der Waals surface area contributed by atoms with Crippen LogP contribution in [0.4, 0.5) is 4.39 Å². The Morgan fingerprint density at radius 1 is 1.40 bits per heavy atom. The molecule has 1 heterocycles. The molecule has 0 bridgehead atoms. The van der Waals surface area contributed by atoms with Crippen molar-refractivity contribution < 1.29 is 22.7 Å². The van der Waals surface area contributed by atoms with Gasteiger partial charge in [-0.25, -0.2) is 17.5 Å². The van der Waals surface area contributed by atoms with Crippen LogP contribution in [0.2, 0.25) is 0 Å². The highest BCUT2D eigenvalue weighted by molar-refractivity contribution is 7.89. The number of nitrogens with zero attached hydrogens (tertiary/aromatic N) is 2. The van der Waals surface area contributed by atoms with Crippen LogP contribution >= 0.6 is 0 Å². The van der Waals surface area contributed by atoms with Crippen LogP contribution in [0.3, 0.4) is 0 Å². The predicted molar refractivity (Wildman–Crippen MR) is 89.5 cm³/mol. The van der Waals surface area contributed by atoms with Crippen LogP contribution in [0.5, 0.6) is 0 Å². The standard InChI is InChI=1S/C16H20FN3O4S/c1-10(2)6-14(16(21)22)19-25(23,24)12-4-5-15(13(17)7-12)20-9-11(3)8-18-20/h4-5,7-10,14,19H,6H2,1-3H3,(H,21,22)/t14-/m1/s1. The fourth-order valence-corrected chi connectivity index (χ4v) is 3.52. The Labute approximate surface area is 145 Å². The maximum atomic E-state index is 14.3. The zero-order chi connectivity index (χ0) is 18.8. The van der Waals surface area contributed by atoms with Gasteiger partial charge in [-0.15, -0.1) is 0 Å². The van der Waals surface area contributed by atoms with Gasteiger partial charge in [0.15, 0.2) is 0 Å². The third-order valence-electron chi connectivity index (χ3n) is 3.49. The molecular formula is C16H20FN3O4S. The van der Waals surface area contributed by atoms with Gasteiger partial charge in [-0.2, -0.15) is 9.82 Å². The number of aryl methyl sites for hydroxylation is 1. The Kier molecular flexibility index (Phi) is 5.58. The van der Waals surface area contributed by atoms with Crippen LogP contribution in [-0.2, 0) is 14.8 Å². The van der Waals surface area contributed by atoms with E-state index < -0.39 is 27.9 Å². The average Bonchev–Trinajstić information content (AvgIpc) is 2.92. The van der Waals surface area contributed by atoms with Crippen LogP contribution in [0.1, 0.15) is 25.8 Å². The Morgan fingerprint density at radius 3 is 2.56 bits per heavy atom. The molecule has 1 atom stereocenters. The summed E-state index contributed by atoms with van der Waals surface area (Å²) >= 11 is 0. The summed E-state index contributed by atoms with van der Waals surface area (Å²) in [5.74, 6) is -2.07. The lowest BCUT2D eigenvalue weighted by molar-refractivity contribution is -0.139. The van der Waals surface area contributed by atoms with Crippen molar-refractivity contribution in [3.05, 3.63) is 42.0 Å². The van der Waals surface area contributed by atoms with Crippen molar-refractivity contribution >= 4 is 16.0 Å². The molecule has 2 rings (SSSR count). The molecule has 0 aliphatic carbocycles. The van der Waals surface area contributed by atoms with Crippen molar-refractivity contribution in [2.45, 2.75) is 38.1 Å². The second kappa shape index (κ2) is 7.32. The van der Waals surface area contributed by atoms with Gasteiger partial charge in [-0.3, -0.25) is 4.79 Å². The molecule has 0 aliphatic heterocycles. The number of carboxylic acid groups (broad SMARTS) is 1. The Hall–Kier alpha value is -2.26. The number of aromatic nitrogens is 2. The summed E-state index contributed by atoms with van der Waals surface area (Å²) < 4.78 is 42.5. The summed E-state index contributed by atoms with van der Waals surface area (Å²) in [6.45, 7) is 5.36. The fraction of sp³-hybridized carbons (Fsp3) is 0.375. The van der Waals surface area contributed by atoms with Gasteiger partial charge >= 0.3 is 5.97 Å². The molecule has 0 unspecified atom stereocenters. The minimum atomic E-state index is -4.17. The number of aliphatic carboxylic acids is 1. The molecule has 9 heteroatoms. The first-order valence-corrected chi connectivity index (χ1v) is 9.15. The number of sulfonamides is 1. The molecule has 0 saturated heterocycles. The van der Waals surface area contributed by atoms with Gasteiger partial charge in [-0.05, 0) is 43.0 Å². The molecule has 25 heavy (non-hydrogen) atoms. The molecule has 136 valence electrons. The highest BCUT2D eigenvalue weighted by atomic mass is 32.2. The molecule has 0 fully saturated rings. The van der Waals surface area contributed by atoms with E-state index in [1.165, 1.54) is 16.8 Å². The zero-order valence-corrected chi connectivity index (χ0v) is 14.9. The molecule has 2 N–H and O–H groups in total. The third kappa shape index (κ3) is 4.64. The number of carboxylic acids is 1. The van der Waals surface area contributed by atoms with Gasteiger partial charge in [0, 0.05) is 6.20 Å². The van der Waals surface area contributed by atoms with Crippen LogP contribution in [0.25, 0.3) is 5.69 Å². The second-order valence-corrected chi connectivity index (χ2v) is 7.93. The van der Waals surface area contributed by atoms with Crippen LogP contribution in [0, 0.1) is 18.7 Å². The van der Waals surface area contributed by atoms with Gasteiger partial charge < -0.3 is 5.11 Å². The molecule has 0 aliphatic rings. The van der Waals surface area contributed by atoms with Gasteiger partial charge in [0.25, 0.3) is 0 Å². The molecule has 0 radical (unpaired) electrons. The first kappa shape index (κ1) is 19.1. The smallest absolute Gasteiger partial charge is 0.321 e. The lowest BCUT2D eigenvalue weighted by Gasteiger charge is -2.17. The van der Waals surface area contributed by atoms with Crippen LogP contribution in [0.15, 0.2) is 35.5 Å². The number of benzene rings is 1. The maximum Gasteiger partial charge on any atom is 0.321 e. The average molecular weight is 369 g/mol. The van der Waals surface area contributed by atoms with E-state index in [1.54, 1.807) is 33.2 Å². The quantitative estimate of drug-likeness (QED) is 0.778. The van der Waals surface area contributed by atoms with E-state index in [9.17, 15) is 17.6 Å². The van der Waals surface area contributed by atoms with E-state index in [0.717, 1.165) is 11.6 Å². The van der Waals surface area contributed by atoms with Gasteiger partial charge in [-0.1, -0.05) is 13.8 Å². The lowest BCUT2D eigenvalue weighted by atomic mass is 10.1. The maximum absolute atomic E-state index is 14.3. The molecule has 1 aromatic heterocycles. The van der Waals surface area contributed by atoms with Gasteiger partial charge in [0.2, 0.25) is 10.0 Å². The largest absolute Gasteiger partial charge is 0.480 e. The summed E-state index contributed by atoms with van der Waals surface area (Å²) in [5.41, 5.74) is 0.930. The minimum Gasteiger partial charge on any atom is -0.480 e. The highest BCUT2D eigenvalue weighted by Crippen LogP contribution is 2.19. The Bertz CT molecular complexity index is 877. The minimum absolute atomic E-state index is 0.0223. The monoisotopic (exact) mass is 369 g/mol. The molecule has 7 nitrogen and oxygen atoms in total. The van der Waals surface area contributed by atoms with E-state index in [1.807, 2.05) is 0 Å². The van der Waals surface area contributed by atoms with Crippen molar-refractivity contribution in [1.29, 1.82) is 0 Å². The zero-order valence-electron chi connectivity index (χ0n) is 14.1. The summed E-state index contributed by atoms with van der Waals surface area (Å²) in [4.78, 5) is 10.9. The van der Waals surface area contributed by atoms with Crippen molar-refractivity contribution in [1.82, 2.24) is 14.5 Å². The highest BCUT2D eigenvalue weighted by Gasteiger charge is 2.26. The molecule has 2 aromatic rings. The molecule has 0 amide bonds.